The second kappa shape index (κ2) is 63.8. The van der Waals surface area contributed by atoms with Crippen molar-refractivity contribution >= 4 is 5.91 Å². The van der Waals surface area contributed by atoms with E-state index < -0.39 is 131 Å². The molecule has 3 fully saturated rings. The molecule has 1 amide bonds. The second-order valence-electron chi connectivity index (χ2n) is 27.1. The van der Waals surface area contributed by atoms with Gasteiger partial charge in [0.1, 0.15) is 73.2 Å². The number of aliphatic hydroxyl groups is 11. The number of carbonyl (C=O) groups is 1. The summed E-state index contributed by atoms with van der Waals surface area (Å²) in [7, 11) is 0. The first kappa shape index (κ1) is 94.1. The molecule has 3 aliphatic rings. The average molecular weight is 1470 g/mol. The fraction of sp³-hybridized carbons (Fsp3) is 0.640. The Morgan fingerprint density at radius 3 is 1.07 bits per heavy atom. The predicted molar refractivity (Wildman–Crippen MR) is 419 cm³/mol. The number of hydrogen-bond donors (Lipinski definition) is 12. The van der Waals surface area contributed by atoms with E-state index in [4.69, 9.17) is 28.4 Å². The largest absolute Gasteiger partial charge is 0.394 e. The minimum absolute atomic E-state index is 0.164. The molecular weight excluding hydrogens is 1330 g/mol. The predicted octanol–water partition coefficient (Wildman–Crippen LogP) is 13.2. The number of carbonyl (C=O) groups excluding carboxylic acids is 1. The van der Waals surface area contributed by atoms with Crippen molar-refractivity contribution in [1.29, 1.82) is 0 Å². The van der Waals surface area contributed by atoms with Crippen LogP contribution in [0.2, 0.25) is 0 Å². The highest BCUT2D eigenvalue weighted by molar-refractivity contribution is 5.76. The number of allylic oxidation sites excluding steroid dienone is 29. The standard InChI is InChI=1S/C86H137NO18/c1-3-5-7-9-11-13-15-17-19-21-23-25-26-27-28-29-30-31-32-33-34-35-36-37-38-39-40-41-42-44-46-48-50-52-54-56-58-60-62-64-74(92)87-69(70(91)63-61-59-57-55-53-51-49-47-45-43-24-22-20-18-16-14-12-10-8-6-4-2)68-100-84-80(98)77(95)82(72(66-89)102-84)105-86-81(99)78(96)83(73(67-90)103-86)104-85-79(97)76(94)75(93)71(65-88)101-85/h5,7,11,13,17,19,23,25,27-28,30-31,33-34,36-37,39-40,42,44-45,47-48,50,53-56,61,63,69-73,75-86,88-91,93-99H,3-4,6,8-10,12,14-16,18,20-22,24,26,29,32,35,38,41,43,46,49,51-52,57-60,62,64-68H2,1-2H3,(H,87,92)/b7-5-,13-11-,19-17-,25-23-,28-27-,31-30-,34-33-,37-36-,40-39-,44-42-,47-45+,50-48-,55-53+,56-54-,63-61+. The van der Waals surface area contributed by atoms with Crippen molar-refractivity contribution in [2.24, 2.45) is 0 Å². The number of nitrogens with one attached hydrogen (secondary N) is 1. The van der Waals surface area contributed by atoms with E-state index in [1.54, 1.807) is 6.08 Å². The van der Waals surface area contributed by atoms with Gasteiger partial charge < -0.3 is 89.9 Å². The smallest absolute Gasteiger partial charge is 0.220 e. The lowest BCUT2D eigenvalue weighted by molar-refractivity contribution is -0.379. The van der Waals surface area contributed by atoms with E-state index in [1.807, 2.05) is 6.08 Å². The van der Waals surface area contributed by atoms with Crippen LogP contribution >= 0.6 is 0 Å². The van der Waals surface area contributed by atoms with Crippen molar-refractivity contribution < 1.29 is 89.4 Å². The summed E-state index contributed by atoms with van der Waals surface area (Å²) >= 11 is 0. The maximum absolute atomic E-state index is 13.4. The summed E-state index contributed by atoms with van der Waals surface area (Å²) < 4.78 is 34.3. The zero-order chi connectivity index (χ0) is 76.0. The normalized spacial score (nSPS) is 26.8. The van der Waals surface area contributed by atoms with E-state index in [0.29, 0.717) is 12.8 Å². The van der Waals surface area contributed by atoms with Crippen LogP contribution in [0.25, 0.3) is 0 Å². The summed E-state index contributed by atoms with van der Waals surface area (Å²) in [6.07, 6.45) is 70.2. The van der Waals surface area contributed by atoms with Crippen LogP contribution in [-0.2, 0) is 33.2 Å². The number of amides is 1. The molecule has 17 atom stereocenters. The average Bonchev–Trinajstić information content (AvgIpc) is 0.780. The zero-order valence-corrected chi connectivity index (χ0v) is 63.4. The van der Waals surface area contributed by atoms with Crippen LogP contribution in [0.15, 0.2) is 182 Å². The quantitative estimate of drug-likeness (QED) is 0.0199. The van der Waals surface area contributed by atoms with Gasteiger partial charge in [-0.3, -0.25) is 4.79 Å². The molecule has 3 heterocycles. The van der Waals surface area contributed by atoms with Crippen LogP contribution in [0.1, 0.15) is 219 Å². The maximum Gasteiger partial charge on any atom is 0.220 e. The molecule has 0 aromatic heterocycles. The lowest BCUT2D eigenvalue weighted by atomic mass is 9.96. The highest BCUT2D eigenvalue weighted by atomic mass is 16.8. The van der Waals surface area contributed by atoms with Gasteiger partial charge in [0.2, 0.25) is 5.91 Å². The van der Waals surface area contributed by atoms with Gasteiger partial charge in [0.15, 0.2) is 18.9 Å². The Morgan fingerprint density at radius 1 is 0.352 bits per heavy atom. The molecule has 12 N–H and O–H groups in total. The fourth-order valence-electron chi connectivity index (χ4n) is 11.9. The van der Waals surface area contributed by atoms with E-state index in [-0.39, 0.29) is 12.3 Å². The topological polar surface area (TPSA) is 307 Å². The van der Waals surface area contributed by atoms with Crippen LogP contribution in [0.5, 0.6) is 0 Å². The van der Waals surface area contributed by atoms with Crippen molar-refractivity contribution in [3.05, 3.63) is 182 Å². The summed E-state index contributed by atoms with van der Waals surface area (Å²) in [5.74, 6) is -0.339. The maximum atomic E-state index is 13.4. The van der Waals surface area contributed by atoms with Gasteiger partial charge in [0.25, 0.3) is 0 Å². The third-order valence-corrected chi connectivity index (χ3v) is 18.2. The van der Waals surface area contributed by atoms with Crippen LogP contribution in [0.3, 0.4) is 0 Å². The molecule has 0 saturated carbocycles. The zero-order valence-electron chi connectivity index (χ0n) is 63.4. The summed E-state index contributed by atoms with van der Waals surface area (Å²) in [4.78, 5) is 13.4. The highest BCUT2D eigenvalue weighted by Gasteiger charge is 2.53. The van der Waals surface area contributed by atoms with Crippen molar-refractivity contribution in [2.75, 3.05) is 26.4 Å². The van der Waals surface area contributed by atoms with Crippen molar-refractivity contribution in [3.63, 3.8) is 0 Å². The molecule has 0 spiro atoms. The molecule has 0 aromatic rings. The molecule has 0 aliphatic carbocycles. The van der Waals surface area contributed by atoms with Crippen LogP contribution in [0.4, 0.5) is 0 Å². The number of hydrogen-bond acceptors (Lipinski definition) is 18. The molecule has 0 aromatic carbocycles. The molecule has 19 nitrogen and oxygen atoms in total. The van der Waals surface area contributed by atoms with Gasteiger partial charge in [-0.25, -0.2) is 0 Å². The van der Waals surface area contributed by atoms with Crippen LogP contribution < -0.4 is 5.32 Å². The third kappa shape index (κ3) is 43.6. The Hall–Kier alpha value is -5.11. The van der Waals surface area contributed by atoms with Gasteiger partial charge in [0.05, 0.1) is 38.6 Å². The first-order valence-electron chi connectivity index (χ1n) is 39.5. The summed E-state index contributed by atoms with van der Waals surface area (Å²) in [6.45, 7) is 1.54. The van der Waals surface area contributed by atoms with E-state index in [2.05, 4.69) is 189 Å². The Balaban J connectivity index is 1.41. The van der Waals surface area contributed by atoms with Crippen molar-refractivity contribution in [2.45, 2.75) is 324 Å². The van der Waals surface area contributed by atoms with Crippen LogP contribution in [0, 0.1) is 0 Å². The molecular formula is C86H137NO18. The molecule has 594 valence electrons. The van der Waals surface area contributed by atoms with Crippen LogP contribution in [-0.4, -0.2) is 193 Å². The van der Waals surface area contributed by atoms with Gasteiger partial charge >= 0.3 is 0 Å². The molecule has 3 aliphatic heterocycles. The van der Waals surface area contributed by atoms with E-state index in [9.17, 15) is 61.0 Å². The van der Waals surface area contributed by atoms with Gasteiger partial charge in [-0.1, -0.05) is 260 Å². The molecule has 17 unspecified atom stereocenters. The van der Waals surface area contributed by atoms with E-state index >= 15 is 0 Å². The third-order valence-electron chi connectivity index (χ3n) is 18.2. The SMILES string of the molecule is CC/C=C\C/C=C\C/C=C\C/C=C\C/C=C\C/C=C\C/C=C\C/C=C\C/C=C\C/C=C\C/C=C\C/C=C\CCCCC(=O)NC(COC1OC(CO)C(OC2OC(CO)C(OC3OC(CO)C(O)C(O)C3O)C(O)C2O)C(O)C1O)C(O)/C=C/CC/C=C/CC/C=C/CCCCCCCCCCCCC. The Kier molecular flexibility index (Phi) is 57.2. The monoisotopic (exact) mass is 1470 g/mol. The number of ether oxygens (including phenoxy) is 6. The second-order valence-corrected chi connectivity index (χ2v) is 27.1. The first-order valence-corrected chi connectivity index (χ1v) is 39.5. The summed E-state index contributed by atoms with van der Waals surface area (Å²) in [5, 5.41) is 121. The lowest BCUT2D eigenvalue weighted by Gasteiger charge is -2.48. The molecule has 3 rings (SSSR count). The summed E-state index contributed by atoms with van der Waals surface area (Å²) in [5.41, 5.74) is 0. The van der Waals surface area contributed by atoms with Gasteiger partial charge in [-0.15, -0.1) is 0 Å². The molecule has 0 radical (unpaired) electrons. The number of unbranched alkanes of at least 4 members (excludes halogenated alkanes) is 15. The van der Waals surface area contributed by atoms with E-state index in [0.717, 1.165) is 116 Å². The summed E-state index contributed by atoms with van der Waals surface area (Å²) in [6, 6.07) is -1.04. The number of rotatable bonds is 59. The Morgan fingerprint density at radius 2 is 0.667 bits per heavy atom. The van der Waals surface area contributed by atoms with Gasteiger partial charge in [0, 0.05) is 6.42 Å². The van der Waals surface area contributed by atoms with Crippen molar-refractivity contribution in [1.82, 2.24) is 5.32 Å². The minimum atomic E-state index is -2.00. The Labute approximate surface area is 630 Å². The van der Waals surface area contributed by atoms with Gasteiger partial charge in [-0.2, -0.15) is 0 Å². The molecule has 3 saturated heterocycles. The number of aliphatic hydroxyl groups excluding tert-OH is 11. The van der Waals surface area contributed by atoms with Gasteiger partial charge in [-0.05, 0) is 135 Å². The lowest BCUT2D eigenvalue weighted by Crippen LogP contribution is -2.66. The molecule has 0 bridgehead atoms. The van der Waals surface area contributed by atoms with E-state index in [1.165, 1.54) is 70.6 Å². The molecule has 19 heteroatoms. The highest BCUT2D eigenvalue weighted by Crippen LogP contribution is 2.33. The fourth-order valence-corrected chi connectivity index (χ4v) is 11.9. The first-order chi connectivity index (χ1) is 51.3. The van der Waals surface area contributed by atoms with Crippen molar-refractivity contribution in [3.8, 4) is 0 Å². The Bertz CT molecular complexity index is 2620. The molecule has 105 heavy (non-hydrogen) atoms. The minimum Gasteiger partial charge on any atom is -0.394 e.